The summed E-state index contributed by atoms with van der Waals surface area (Å²) in [6, 6.07) is 14.4. The molecule has 0 unspecified atom stereocenters. The number of aromatic nitrogens is 3. The minimum Gasteiger partial charge on any atom is -0.355 e. The molecule has 0 radical (unpaired) electrons. The van der Waals surface area contributed by atoms with Crippen LogP contribution in [-0.4, -0.2) is 33.0 Å². The first kappa shape index (κ1) is 19.1. The predicted molar refractivity (Wildman–Crippen MR) is 105 cm³/mol. The van der Waals surface area contributed by atoms with Crippen LogP contribution in [0.3, 0.4) is 0 Å². The topological polar surface area (TPSA) is 59.8 Å². The summed E-state index contributed by atoms with van der Waals surface area (Å²) in [5, 5.41) is 11.7. The molecule has 0 saturated carbocycles. The Morgan fingerprint density at radius 1 is 1.19 bits per heavy atom. The number of amides is 1. The number of nitrogens with one attached hydrogen (secondary N) is 1. The molecule has 1 N–H and O–H groups in total. The normalized spacial score (nSPS) is 10.7. The maximum absolute atomic E-state index is 12.9. The lowest BCUT2D eigenvalue weighted by Gasteiger charge is -2.10. The molecular formula is C20H21FN4OS. The van der Waals surface area contributed by atoms with Crippen molar-refractivity contribution in [1.29, 1.82) is 0 Å². The van der Waals surface area contributed by atoms with Crippen LogP contribution in [-0.2, 0) is 17.6 Å². The van der Waals surface area contributed by atoms with Crippen LogP contribution < -0.4 is 5.32 Å². The molecular weight excluding hydrogens is 363 g/mol. The van der Waals surface area contributed by atoms with E-state index in [2.05, 4.69) is 28.5 Å². The molecule has 0 spiro atoms. The molecule has 140 valence electrons. The first-order valence-corrected chi connectivity index (χ1v) is 9.78. The van der Waals surface area contributed by atoms with Crippen molar-refractivity contribution in [2.24, 2.45) is 0 Å². The third-order valence-electron chi connectivity index (χ3n) is 4.13. The second kappa shape index (κ2) is 9.32. The zero-order chi connectivity index (χ0) is 19.1. The van der Waals surface area contributed by atoms with Gasteiger partial charge in [0, 0.05) is 6.54 Å². The van der Waals surface area contributed by atoms with Crippen LogP contribution in [0.15, 0.2) is 60.0 Å². The van der Waals surface area contributed by atoms with Gasteiger partial charge in [0.05, 0.1) is 11.4 Å². The Hall–Kier alpha value is -2.67. The second-order valence-electron chi connectivity index (χ2n) is 5.98. The molecule has 0 aliphatic carbocycles. The summed E-state index contributed by atoms with van der Waals surface area (Å²) in [7, 11) is 0. The summed E-state index contributed by atoms with van der Waals surface area (Å²) < 4.78 is 14.8. The molecule has 1 amide bonds. The first-order valence-electron chi connectivity index (χ1n) is 8.79. The summed E-state index contributed by atoms with van der Waals surface area (Å²) in [6.07, 6.45) is 3.24. The molecule has 0 fully saturated rings. The van der Waals surface area contributed by atoms with Crippen molar-refractivity contribution >= 4 is 17.7 Å². The van der Waals surface area contributed by atoms with E-state index in [9.17, 15) is 9.18 Å². The van der Waals surface area contributed by atoms with Crippen molar-refractivity contribution in [2.45, 2.75) is 24.9 Å². The Bertz CT molecular complexity index is 895. The van der Waals surface area contributed by atoms with Crippen molar-refractivity contribution in [2.75, 3.05) is 12.3 Å². The maximum Gasteiger partial charge on any atom is 0.230 e. The molecule has 0 aliphatic heterocycles. The number of rotatable bonds is 8. The van der Waals surface area contributed by atoms with Crippen LogP contribution >= 0.6 is 11.8 Å². The molecule has 2 aromatic carbocycles. The Labute approximate surface area is 162 Å². The molecule has 3 aromatic rings. The number of thioether (sulfide) groups is 1. The quantitative estimate of drug-likeness (QED) is 0.605. The van der Waals surface area contributed by atoms with Crippen molar-refractivity contribution < 1.29 is 9.18 Å². The zero-order valence-corrected chi connectivity index (χ0v) is 15.9. The van der Waals surface area contributed by atoms with Gasteiger partial charge >= 0.3 is 0 Å². The Morgan fingerprint density at radius 2 is 1.96 bits per heavy atom. The highest BCUT2D eigenvalue weighted by molar-refractivity contribution is 7.99. The number of para-hydroxylation sites is 1. The fraction of sp³-hybridized carbons (Fsp3) is 0.250. The van der Waals surface area contributed by atoms with E-state index in [-0.39, 0.29) is 17.5 Å². The molecule has 27 heavy (non-hydrogen) atoms. The number of carbonyl (C=O) groups excluding carboxylic acids is 1. The number of hydrogen-bond donors (Lipinski definition) is 1. The predicted octanol–water partition coefficient (Wildman–Crippen LogP) is 3.42. The molecule has 1 heterocycles. The molecule has 0 saturated heterocycles. The Morgan fingerprint density at radius 3 is 2.74 bits per heavy atom. The van der Waals surface area contributed by atoms with Gasteiger partial charge in [-0.3, -0.25) is 9.36 Å². The summed E-state index contributed by atoms with van der Waals surface area (Å²) in [5.41, 5.74) is 3.22. The number of benzene rings is 2. The average Bonchev–Trinajstić information content (AvgIpc) is 3.16. The Balaban J connectivity index is 1.52. The minimum atomic E-state index is -0.257. The van der Waals surface area contributed by atoms with Crippen LogP contribution in [0, 0.1) is 5.82 Å². The molecule has 0 bridgehead atoms. The monoisotopic (exact) mass is 384 g/mol. The van der Waals surface area contributed by atoms with Gasteiger partial charge in [-0.05, 0) is 42.2 Å². The third-order valence-corrected chi connectivity index (χ3v) is 5.07. The largest absolute Gasteiger partial charge is 0.355 e. The van der Waals surface area contributed by atoms with Crippen molar-refractivity contribution in [3.8, 4) is 5.69 Å². The molecule has 0 aliphatic rings. The highest BCUT2D eigenvalue weighted by atomic mass is 32.2. The van der Waals surface area contributed by atoms with Gasteiger partial charge in [-0.1, -0.05) is 49.0 Å². The van der Waals surface area contributed by atoms with Crippen LogP contribution in [0.1, 0.15) is 18.1 Å². The van der Waals surface area contributed by atoms with E-state index in [0.29, 0.717) is 18.1 Å². The number of nitrogens with zero attached hydrogens (tertiary/aromatic N) is 3. The average molecular weight is 384 g/mol. The van der Waals surface area contributed by atoms with Crippen LogP contribution in [0.2, 0.25) is 0 Å². The third kappa shape index (κ3) is 5.17. The maximum atomic E-state index is 12.9. The number of aryl methyl sites for hydroxylation is 1. The summed E-state index contributed by atoms with van der Waals surface area (Å²) in [6.45, 7) is 2.61. The molecule has 5 nitrogen and oxygen atoms in total. The van der Waals surface area contributed by atoms with E-state index in [4.69, 9.17) is 0 Å². The van der Waals surface area contributed by atoms with Gasteiger partial charge in [0.1, 0.15) is 12.1 Å². The van der Waals surface area contributed by atoms with Gasteiger partial charge in [0.2, 0.25) is 5.91 Å². The van der Waals surface area contributed by atoms with E-state index in [1.165, 1.54) is 29.5 Å². The SMILES string of the molecule is CCc1ccccc1-n1cnnc1SCC(=O)NCCc1ccc(F)cc1. The molecule has 0 atom stereocenters. The van der Waals surface area contributed by atoms with Gasteiger partial charge in [-0.2, -0.15) is 0 Å². The van der Waals surface area contributed by atoms with Crippen LogP contribution in [0.25, 0.3) is 5.69 Å². The Kier molecular flexibility index (Phi) is 6.59. The van der Waals surface area contributed by atoms with Crippen molar-refractivity contribution in [1.82, 2.24) is 20.1 Å². The molecule has 1 aromatic heterocycles. The van der Waals surface area contributed by atoms with Crippen LogP contribution in [0.5, 0.6) is 0 Å². The first-order chi connectivity index (χ1) is 13.2. The summed E-state index contributed by atoms with van der Waals surface area (Å²) in [5.74, 6) is -0.0653. The van der Waals surface area contributed by atoms with E-state index < -0.39 is 0 Å². The number of hydrogen-bond acceptors (Lipinski definition) is 4. The highest BCUT2D eigenvalue weighted by Crippen LogP contribution is 2.22. The fourth-order valence-electron chi connectivity index (χ4n) is 2.71. The standard InChI is InChI=1S/C20H21FN4OS/c1-2-16-5-3-4-6-18(16)25-14-23-24-20(25)27-13-19(26)22-12-11-15-7-9-17(21)10-8-15/h3-10,14H,2,11-13H2,1H3,(H,22,26). The minimum absolute atomic E-state index is 0.0690. The van der Waals surface area contributed by atoms with Crippen molar-refractivity contribution in [3.05, 3.63) is 71.8 Å². The number of halogens is 1. The highest BCUT2D eigenvalue weighted by Gasteiger charge is 2.12. The van der Waals surface area contributed by atoms with E-state index in [0.717, 1.165) is 17.7 Å². The van der Waals surface area contributed by atoms with Gasteiger partial charge in [0.15, 0.2) is 5.16 Å². The van der Waals surface area contributed by atoms with E-state index in [1.54, 1.807) is 18.5 Å². The van der Waals surface area contributed by atoms with Crippen LogP contribution in [0.4, 0.5) is 4.39 Å². The van der Waals surface area contributed by atoms with Gasteiger partial charge in [0.25, 0.3) is 0 Å². The lowest BCUT2D eigenvalue weighted by atomic mass is 10.1. The molecule has 3 rings (SSSR count). The van der Waals surface area contributed by atoms with Gasteiger partial charge in [-0.15, -0.1) is 10.2 Å². The summed E-state index contributed by atoms with van der Waals surface area (Å²) >= 11 is 1.35. The van der Waals surface area contributed by atoms with Gasteiger partial charge < -0.3 is 5.32 Å². The van der Waals surface area contributed by atoms with Gasteiger partial charge in [-0.25, -0.2) is 4.39 Å². The zero-order valence-electron chi connectivity index (χ0n) is 15.1. The fourth-order valence-corrected chi connectivity index (χ4v) is 3.46. The lowest BCUT2D eigenvalue weighted by molar-refractivity contribution is -0.118. The number of carbonyl (C=O) groups is 1. The van der Waals surface area contributed by atoms with E-state index >= 15 is 0 Å². The second-order valence-corrected chi connectivity index (χ2v) is 6.92. The lowest BCUT2D eigenvalue weighted by Crippen LogP contribution is -2.27. The smallest absolute Gasteiger partial charge is 0.230 e. The van der Waals surface area contributed by atoms with Crippen molar-refractivity contribution in [3.63, 3.8) is 0 Å². The summed E-state index contributed by atoms with van der Waals surface area (Å²) in [4.78, 5) is 12.1. The van der Waals surface area contributed by atoms with E-state index in [1.807, 2.05) is 22.8 Å². The molecule has 7 heteroatoms.